The van der Waals surface area contributed by atoms with E-state index in [-0.39, 0.29) is 17.4 Å². The van der Waals surface area contributed by atoms with Gasteiger partial charge in [-0.15, -0.1) is 0 Å². The van der Waals surface area contributed by atoms with Gasteiger partial charge >= 0.3 is 0 Å². The third-order valence-corrected chi connectivity index (χ3v) is 5.74. The van der Waals surface area contributed by atoms with Crippen molar-refractivity contribution in [2.24, 2.45) is 0 Å². The fraction of sp³-hybridized carbons (Fsp3) is 0.333. The molecule has 6 nitrogen and oxygen atoms in total. The van der Waals surface area contributed by atoms with E-state index in [4.69, 9.17) is 8.94 Å². The standard InChI is InChI=1S/C18H18N2O4S/c21-25(22,11-15-14-8-4-5-9-16(14)24-20-15)12-18-19-10-17(23-18)13-6-2-1-3-7-13/h1-3,6-7,10H,4-5,8-9,11-12H2. The van der Waals surface area contributed by atoms with Crippen molar-refractivity contribution in [1.82, 2.24) is 10.1 Å². The maximum absolute atomic E-state index is 12.5. The molecule has 7 heteroatoms. The fourth-order valence-electron chi connectivity index (χ4n) is 3.12. The molecule has 0 N–H and O–H groups in total. The Hall–Kier alpha value is -2.41. The van der Waals surface area contributed by atoms with Crippen molar-refractivity contribution in [3.63, 3.8) is 0 Å². The summed E-state index contributed by atoms with van der Waals surface area (Å²) in [7, 11) is -3.44. The van der Waals surface area contributed by atoms with Crippen LogP contribution in [0.15, 0.2) is 45.5 Å². The lowest BCUT2D eigenvalue weighted by molar-refractivity contribution is 0.369. The van der Waals surface area contributed by atoms with E-state index in [1.165, 1.54) is 0 Å². The second-order valence-corrected chi connectivity index (χ2v) is 8.32. The van der Waals surface area contributed by atoms with Crippen molar-refractivity contribution in [2.75, 3.05) is 0 Å². The van der Waals surface area contributed by atoms with E-state index in [1.807, 2.05) is 30.3 Å². The summed E-state index contributed by atoms with van der Waals surface area (Å²) in [6.07, 6.45) is 5.33. The molecule has 0 fully saturated rings. The minimum Gasteiger partial charge on any atom is -0.440 e. The fourth-order valence-corrected chi connectivity index (χ4v) is 4.38. The molecule has 0 bridgehead atoms. The molecular weight excluding hydrogens is 340 g/mol. The molecule has 0 spiro atoms. The Morgan fingerprint density at radius 2 is 1.84 bits per heavy atom. The normalized spacial score (nSPS) is 14.4. The molecule has 130 valence electrons. The Balaban J connectivity index is 1.50. The number of oxazole rings is 1. The van der Waals surface area contributed by atoms with Gasteiger partial charge in [0.1, 0.15) is 17.2 Å². The van der Waals surface area contributed by atoms with Gasteiger partial charge in [-0.05, 0) is 19.3 Å². The molecule has 0 saturated carbocycles. The summed E-state index contributed by atoms with van der Waals surface area (Å²) < 4.78 is 35.9. The molecule has 1 aliphatic carbocycles. The number of sulfone groups is 1. The van der Waals surface area contributed by atoms with E-state index in [0.717, 1.165) is 42.6 Å². The molecule has 3 aromatic rings. The summed E-state index contributed by atoms with van der Waals surface area (Å²) in [5, 5.41) is 3.97. The first-order valence-corrected chi connectivity index (χ1v) is 10.1. The first-order chi connectivity index (χ1) is 12.1. The van der Waals surface area contributed by atoms with Gasteiger partial charge in [0.2, 0.25) is 5.89 Å². The molecule has 4 rings (SSSR count). The molecule has 2 heterocycles. The van der Waals surface area contributed by atoms with E-state index in [2.05, 4.69) is 10.1 Å². The molecule has 0 aliphatic heterocycles. The van der Waals surface area contributed by atoms with Crippen LogP contribution in [0, 0.1) is 0 Å². The molecule has 0 unspecified atom stereocenters. The Morgan fingerprint density at radius 1 is 1.04 bits per heavy atom. The average molecular weight is 358 g/mol. The van der Waals surface area contributed by atoms with E-state index in [0.29, 0.717) is 11.5 Å². The largest absolute Gasteiger partial charge is 0.440 e. The molecule has 0 amide bonds. The Morgan fingerprint density at radius 3 is 2.68 bits per heavy atom. The number of hydrogen-bond donors (Lipinski definition) is 0. The highest BCUT2D eigenvalue weighted by molar-refractivity contribution is 7.89. The predicted octanol–water partition coefficient (Wildman–Crippen LogP) is 3.32. The predicted molar refractivity (Wildman–Crippen MR) is 91.4 cm³/mol. The van der Waals surface area contributed by atoms with Crippen molar-refractivity contribution in [3.8, 4) is 11.3 Å². The van der Waals surface area contributed by atoms with Crippen LogP contribution in [0.2, 0.25) is 0 Å². The van der Waals surface area contributed by atoms with Gasteiger partial charge in [-0.3, -0.25) is 0 Å². The highest BCUT2D eigenvalue weighted by Crippen LogP contribution is 2.26. The van der Waals surface area contributed by atoms with E-state index in [1.54, 1.807) is 6.20 Å². The Kier molecular flexibility index (Phi) is 4.17. The lowest BCUT2D eigenvalue weighted by Gasteiger charge is -2.09. The number of hydrogen-bond acceptors (Lipinski definition) is 6. The smallest absolute Gasteiger partial charge is 0.210 e. The summed E-state index contributed by atoms with van der Waals surface area (Å²) in [6.45, 7) is 0. The number of aromatic nitrogens is 2. The quantitative estimate of drug-likeness (QED) is 0.695. The summed E-state index contributed by atoms with van der Waals surface area (Å²) in [6, 6.07) is 9.47. The molecule has 0 saturated heterocycles. The summed E-state index contributed by atoms with van der Waals surface area (Å²) >= 11 is 0. The molecule has 1 aliphatic rings. The van der Waals surface area contributed by atoms with Crippen LogP contribution in [-0.4, -0.2) is 18.6 Å². The third kappa shape index (κ3) is 3.51. The molecule has 2 aromatic heterocycles. The highest BCUT2D eigenvalue weighted by Gasteiger charge is 2.25. The van der Waals surface area contributed by atoms with Crippen LogP contribution >= 0.6 is 0 Å². The van der Waals surface area contributed by atoms with Gasteiger partial charge in [-0.2, -0.15) is 0 Å². The Labute approximate surface area is 145 Å². The number of benzene rings is 1. The number of aryl methyl sites for hydroxylation is 1. The van der Waals surface area contributed by atoms with Gasteiger partial charge in [-0.25, -0.2) is 13.4 Å². The lowest BCUT2D eigenvalue weighted by atomic mass is 9.97. The second-order valence-electron chi connectivity index (χ2n) is 6.25. The Bertz CT molecular complexity index is 974. The van der Waals surface area contributed by atoms with Crippen LogP contribution in [0.1, 0.15) is 35.7 Å². The van der Waals surface area contributed by atoms with Crippen LogP contribution in [0.5, 0.6) is 0 Å². The van der Waals surface area contributed by atoms with Crippen LogP contribution in [0.4, 0.5) is 0 Å². The maximum atomic E-state index is 12.5. The molecule has 0 radical (unpaired) electrons. The number of rotatable bonds is 5. The maximum Gasteiger partial charge on any atom is 0.210 e. The minimum absolute atomic E-state index is 0.144. The van der Waals surface area contributed by atoms with Crippen molar-refractivity contribution in [2.45, 2.75) is 37.2 Å². The second kappa shape index (κ2) is 6.48. The molecule has 25 heavy (non-hydrogen) atoms. The van der Waals surface area contributed by atoms with E-state index >= 15 is 0 Å². The van der Waals surface area contributed by atoms with Gasteiger partial charge in [0.15, 0.2) is 15.6 Å². The number of fused-ring (bicyclic) bond motifs is 1. The van der Waals surface area contributed by atoms with Crippen molar-refractivity contribution in [1.29, 1.82) is 0 Å². The third-order valence-electron chi connectivity index (χ3n) is 4.34. The molecular formula is C18H18N2O4S. The SMILES string of the molecule is O=S(=O)(Cc1ncc(-c2ccccc2)o1)Cc1noc2c1CCCC2. The first-order valence-electron chi connectivity index (χ1n) is 8.27. The number of nitrogens with zero attached hydrogens (tertiary/aromatic N) is 2. The van der Waals surface area contributed by atoms with E-state index < -0.39 is 9.84 Å². The summed E-state index contributed by atoms with van der Waals surface area (Å²) in [5.74, 6) is 1.19. The zero-order chi connectivity index (χ0) is 17.3. The summed E-state index contributed by atoms with van der Waals surface area (Å²) in [4.78, 5) is 4.10. The highest BCUT2D eigenvalue weighted by atomic mass is 32.2. The minimum atomic E-state index is -3.44. The van der Waals surface area contributed by atoms with Crippen molar-refractivity contribution in [3.05, 3.63) is 59.4 Å². The van der Waals surface area contributed by atoms with Gasteiger partial charge in [0.25, 0.3) is 0 Å². The van der Waals surface area contributed by atoms with Crippen LogP contribution in [-0.2, 0) is 34.2 Å². The summed E-state index contributed by atoms with van der Waals surface area (Å²) in [5.41, 5.74) is 2.36. The molecule has 1 aromatic carbocycles. The van der Waals surface area contributed by atoms with Crippen LogP contribution < -0.4 is 0 Å². The van der Waals surface area contributed by atoms with Crippen molar-refractivity contribution >= 4 is 9.84 Å². The van der Waals surface area contributed by atoms with E-state index in [9.17, 15) is 8.42 Å². The topological polar surface area (TPSA) is 86.2 Å². The zero-order valence-corrected chi connectivity index (χ0v) is 14.5. The monoisotopic (exact) mass is 358 g/mol. The average Bonchev–Trinajstić information content (AvgIpc) is 3.23. The van der Waals surface area contributed by atoms with Crippen LogP contribution in [0.25, 0.3) is 11.3 Å². The van der Waals surface area contributed by atoms with Gasteiger partial charge in [-0.1, -0.05) is 35.5 Å². The molecule has 0 atom stereocenters. The lowest BCUT2D eigenvalue weighted by Crippen LogP contribution is -2.11. The van der Waals surface area contributed by atoms with Gasteiger partial charge < -0.3 is 8.94 Å². The van der Waals surface area contributed by atoms with Crippen LogP contribution in [0.3, 0.4) is 0 Å². The van der Waals surface area contributed by atoms with Crippen molar-refractivity contribution < 1.29 is 17.4 Å². The zero-order valence-electron chi connectivity index (χ0n) is 13.6. The van der Waals surface area contributed by atoms with Gasteiger partial charge in [0, 0.05) is 17.5 Å². The first kappa shape index (κ1) is 16.1. The van der Waals surface area contributed by atoms with Gasteiger partial charge in [0.05, 0.1) is 11.9 Å².